The van der Waals surface area contributed by atoms with Crippen LogP contribution < -0.4 is 4.74 Å². The van der Waals surface area contributed by atoms with Crippen molar-refractivity contribution in [1.82, 2.24) is 0 Å². The number of carbonyl (C=O) groups is 1. The van der Waals surface area contributed by atoms with Gasteiger partial charge in [0.1, 0.15) is 11.4 Å². The monoisotopic (exact) mass is 280 g/mol. The Hall–Kier alpha value is -1.55. The van der Waals surface area contributed by atoms with Gasteiger partial charge in [-0.2, -0.15) is 0 Å². The molecule has 4 nitrogen and oxygen atoms in total. The highest BCUT2D eigenvalue weighted by Crippen LogP contribution is 2.32. The van der Waals surface area contributed by atoms with Crippen LogP contribution in [0.1, 0.15) is 40.2 Å². The number of methoxy groups -OCH3 is 1. The van der Waals surface area contributed by atoms with E-state index in [2.05, 4.69) is 0 Å². The number of benzene rings is 1. The molecule has 2 atom stereocenters. The van der Waals surface area contributed by atoms with Gasteiger partial charge in [-0.1, -0.05) is 12.1 Å². The average Bonchev–Trinajstić information content (AvgIpc) is 2.35. The zero-order chi connectivity index (χ0) is 15.6. The fourth-order valence-electron chi connectivity index (χ4n) is 1.80. The minimum Gasteiger partial charge on any atom is -0.497 e. The number of rotatable bonds is 4. The molecule has 0 heterocycles. The number of aliphatic hydroxyl groups is 1. The highest BCUT2D eigenvalue weighted by Gasteiger charge is 2.37. The van der Waals surface area contributed by atoms with E-state index in [0.29, 0.717) is 11.3 Å². The van der Waals surface area contributed by atoms with E-state index >= 15 is 0 Å². The van der Waals surface area contributed by atoms with E-state index in [4.69, 9.17) is 9.47 Å². The molecule has 0 fully saturated rings. The predicted molar refractivity (Wildman–Crippen MR) is 77.6 cm³/mol. The molecule has 0 bridgehead atoms. The minimum absolute atomic E-state index is 0.418. The van der Waals surface area contributed by atoms with E-state index in [0.717, 1.165) is 0 Å². The number of hydrogen-bond acceptors (Lipinski definition) is 4. The normalized spacial score (nSPS) is 16.1. The summed E-state index contributed by atoms with van der Waals surface area (Å²) in [6, 6.07) is 7.01. The molecule has 1 rings (SSSR count). The second-order valence-electron chi connectivity index (χ2n) is 6.13. The van der Waals surface area contributed by atoms with E-state index in [-0.39, 0.29) is 0 Å². The van der Waals surface area contributed by atoms with Gasteiger partial charge in [-0.05, 0) is 52.3 Å². The second kappa shape index (κ2) is 5.83. The molecule has 0 saturated heterocycles. The summed E-state index contributed by atoms with van der Waals surface area (Å²) in [5.74, 6) is -0.386. The molecule has 4 heteroatoms. The molecule has 20 heavy (non-hydrogen) atoms. The van der Waals surface area contributed by atoms with Gasteiger partial charge in [-0.25, -0.2) is 0 Å². The molecule has 0 aliphatic rings. The highest BCUT2D eigenvalue weighted by molar-refractivity contribution is 5.74. The molecule has 0 aromatic heterocycles. The van der Waals surface area contributed by atoms with Crippen molar-refractivity contribution in [3.8, 4) is 5.75 Å². The summed E-state index contributed by atoms with van der Waals surface area (Å²) in [7, 11) is 1.58. The zero-order valence-electron chi connectivity index (χ0n) is 13.1. The molecule has 1 aromatic carbocycles. The molecule has 0 amide bonds. The van der Waals surface area contributed by atoms with Crippen LogP contribution in [0.5, 0.6) is 5.75 Å². The van der Waals surface area contributed by atoms with E-state index in [1.54, 1.807) is 66.0 Å². The lowest BCUT2D eigenvalue weighted by Gasteiger charge is -2.31. The lowest BCUT2D eigenvalue weighted by Crippen LogP contribution is -2.39. The first-order valence-corrected chi connectivity index (χ1v) is 6.67. The average molecular weight is 280 g/mol. The first kappa shape index (κ1) is 16.5. The Balaban J connectivity index is 2.93. The van der Waals surface area contributed by atoms with Crippen LogP contribution in [0.3, 0.4) is 0 Å². The quantitative estimate of drug-likeness (QED) is 0.862. The first-order chi connectivity index (χ1) is 9.08. The fraction of sp³-hybridized carbons (Fsp3) is 0.562. The van der Waals surface area contributed by atoms with Gasteiger partial charge in [-0.3, -0.25) is 4.79 Å². The van der Waals surface area contributed by atoms with Crippen LogP contribution in [0.4, 0.5) is 0 Å². The number of hydrogen-bond donors (Lipinski definition) is 1. The Labute approximate surface area is 120 Å². The van der Waals surface area contributed by atoms with E-state index in [1.165, 1.54) is 0 Å². The van der Waals surface area contributed by atoms with E-state index in [1.807, 2.05) is 0 Å². The van der Waals surface area contributed by atoms with Crippen molar-refractivity contribution in [2.24, 2.45) is 5.92 Å². The summed E-state index contributed by atoms with van der Waals surface area (Å²) in [5.41, 5.74) is -1.22. The summed E-state index contributed by atoms with van der Waals surface area (Å²) in [6.07, 6.45) is 0. The largest absolute Gasteiger partial charge is 0.497 e. The van der Waals surface area contributed by atoms with Crippen LogP contribution in [0.25, 0.3) is 0 Å². The molecular formula is C16H24O4. The molecule has 0 aliphatic heterocycles. The van der Waals surface area contributed by atoms with Gasteiger partial charge < -0.3 is 14.6 Å². The third-order valence-electron chi connectivity index (χ3n) is 3.28. The summed E-state index contributed by atoms with van der Waals surface area (Å²) < 4.78 is 10.4. The predicted octanol–water partition coefficient (Wildman–Crippen LogP) is 2.88. The van der Waals surface area contributed by atoms with Crippen LogP contribution in [-0.2, 0) is 15.1 Å². The van der Waals surface area contributed by atoms with Gasteiger partial charge in [0.05, 0.1) is 18.6 Å². The molecule has 0 radical (unpaired) electrons. The molecular weight excluding hydrogens is 256 g/mol. The van der Waals surface area contributed by atoms with Gasteiger partial charge in [0.25, 0.3) is 0 Å². The maximum absolute atomic E-state index is 12.1. The molecule has 2 unspecified atom stereocenters. The molecule has 1 aromatic rings. The Morgan fingerprint density at radius 3 is 2.05 bits per heavy atom. The molecule has 0 saturated carbocycles. The van der Waals surface area contributed by atoms with Gasteiger partial charge in [-0.15, -0.1) is 0 Å². The van der Waals surface area contributed by atoms with Crippen LogP contribution >= 0.6 is 0 Å². The van der Waals surface area contributed by atoms with Crippen LogP contribution in [-0.4, -0.2) is 23.8 Å². The fourth-order valence-corrected chi connectivity index (χ4v) is 1.80. The second-order valence-corrected chi connectivity index (χ2v) is 6.13. The van der Waals surface area contributed by atoms with Crippen molar-refractivity contribution >= 4 is 5.97 Å². The molecule has 1 N–H and O–H groups in total. The van der Waals surface area contributed by atoms with Gasteiger partial charge in [0.15, 0.2) is 0 Å². The third-order valence-corrected chi connectivity index (χ3v) is 3.28. The van der Waals surface area contributed by atoms with Crippen molar-refractivity contribution in [3.05, 3.63) is 29.8 Å². The van der Waals surface area contributed by atoms with Crippen LogP contribution in [0.15, 0.2) is 24.3 Å². The molecule has 112 valence electrons. The van der Waals surface area contributed by atoms with Crippen molar-refractivity contribution in [2.75, 3.05) is 7.11 Å². The van der Waals surface area contributed by atoms with Gasteiger partial charge >= 0.3 is 5.97 Å². The maximum Gasteiger partial charge on any atom is 0.312 e. The Morgan fingerprint density at radius 2 is 1.65 bits per heavy atom. The topological polar surface area (TPSA) is 55.8 Å². The summed E-state index contributed by atoms with van der Waals surface area (Å²) >= 11 is 0. The minimum atomic E-state index is -1.30. The van der Waals surface area contributed by atoms with E-state index < -0.39 is 23.1 Å². The standard InChI is InChI=1S/C16H24O4/c1-11(14(17)20-15(2,3)4)16(5,18)12-7-9-13(19-6)10-8-12/h7-11,18H,1-6H3. The number of ether oxygens (including phenoxy) is 2. The summed E-state index contributed by atoms with van der Waals surface area (Å²) in [4.78, 5) is 12.1. The Bertz CT molecular complexity index is 454. The van der Waals surface area contributed by atoms with Crippen molar-refractivity contribution in [1.29, 1.82) is 0 Å². The van der Waals surface area contributed by atoms with Crippen LogP contribution in [0.2, 0.25) is 0 Å². The third kappa shape index (κ3) is 3.97. The SMILES string of the molecule is COc1ccc(C(C)(O)C(C)C(=O)OC(C)(C)C)cc1. The number of carbonyl (C=O) groups excluding carboxylic acids is 1. The first-order valence-electron chi connectivity index (χ1n) is 6.67. The lowest BCUT2D eigenvalue weighted by atomic mass is 9.84. The van der Waals surface area contributed by atoms with Crippen LogP contribution in [0, 0.1) is 5.92 Å². The van der Waals surface area contributed by atoms with Crippen molar-refractivity contribution < 1.29 is 19.4 Å². The highest BCUT2D eigenvalue weighted by atomic mass is 16.6. The van der Waals surface area contributed by atoms with Gasteiger partial charge in [0.2, 0.25) is 0 Å². The molecule has 0 spiro atoms. The zero-order valence-corrected chi connectivity index (χ0v) is 13.1. The number of esters is 1. The smallest absolute Gasteiger partial charge is 0.312 e. The van der Waals surface area contributed by atoms with Crippen molar-refractivity contribution in [3.63, 3.8) is 0 Å². The maximum atomic E-state index is 12.1. The summed E-state index contributed by atoms with van der Waals surface area (Å²) in [5, 5.41) is 10.6. The van der Waals surface area contributed by atoms with E-state index in [9.17, 15) is 9.90 Å². The van der Waals surface area contributed by atoms with Crippen molar-refractivity contribution in [2.45, 2.75) is 45.8 Å². The Morgan fingerprint density at radius 1 is 1.15 bits per heavy atom. The molecule has 0 aliphatic carbocycles. The Kier molecular flexibility index (Phi) is 4.81. The van der Waals surface area contributed by atoms with Gasteiger partial charge in [0, 0.05) is 0 Å². The lowest BCUT2D eigenvalue weighted by molar-refractivity contribution is -0.168. The summed E-state index contributed by atoms with van der Waals surface area (Å²) in [6.45, 7) is 8.70.